The minimum atomic E-state index is -1.13. The van der Waals surface area contributed by atoms with E-state index in [1.54, 1.807) is 0 Å². The first kappa shape index (κ1) is 24.2. The van der Waals surface area contributed by atoms with Crippen LogP contribution in [0.25, 0.3) is 0 Å². The van der Waals surface area contributed by atoms with Crippen molar-refractivity contribution in [2.45, 2.75) is 84.0 Å². The molecular formula is C19H36N2O5. The molecule has 0 rings (SSSR count). The number of nitrogens with one attached hydrogen (secondary N) is 2. The zero-order valence-corrected chi connectivity index (χ0v) is 16.2. The number of rotatable bonds is 17. The summed E-state index contributed by atoms with van der Waals surface area (Å²) in [6.07, 6.45) is 14.3. The highest BCUT2D eigenvalue weighted by Crippen LogP contribution is 2.11. The maximum atomic E-state index is 11.4. The highest BCUT2D eigenvalue weighted by Gasteiger charge is 2.07. The van der Waals surface area contributed by atoms with Gasteiger partial charge in [0.25, 0.3) is 0 Å². The van der Waals surface area contributed by atoms with E-state index in [0.29, 0.717) is 6.61 Å². The fraction of sp³-hybridized carbons (Fsp3) is 0.842. The first-order valence-corrected chi connectivity index (χ1v) is 9.95. The standard InChI is InChI=1S/C19H36N2O5/c1-2-3-4-5-6-7-8-9-10-11-12-13-14-26-19(25)21-15-17(22)20-16-18(23)24/h2-16H2,1H3,(H,20,22)(H,21,25)(H,23,24). The smallest absolute Gasteiger partial charge is 0.407 e. The number of amides is 2. The monoisotopic (exact) mass is 372 g/mol. The summed E-state index contributed by atoms with van der Waals surface area (Å²) < 4.78 is 4.96. The van der Waals surface area contributed by atoms with Gasteiger partial charge in [-0.2, -0.15) is 0 Å². The normalized spacial score (nSPS) is 10.3. The van der Waals surface area contributed by atoms with E-state index in [9.17, 15) is 14.4 Å². The van der Waals surface area contributed by atoms with Crippen LogP contribution in [-0.2, 0) is 14.3 Å². The minimum absolute atomic E-state index is 0.287. The van der Waals surface area contributed by atoms with Gasteiger partial charge in [0.15, 0.2) is 0 Å². The lowest BCUT2D eigenvalue weighted by Gasteiger charge is -2.07. The number of hydrogen-bond donors (Lipinski definition) is 3. The lowest BCUT2D eigenvalue weighted by atomic mass is 10.1. The second-order valence-electron chi connectivity index (χ2n) is 6.55. The van der Waals surface area contributed by atoms with Gasteiger partial charge in [-0.1, -0.05) is 77.6 Å². The molecule has 0 aromatic rings. The quantitative estimate of drug-likeness (QED) is 0.338. The summed E-state index contributed by atoms with van der Waals surface area (Å²) in [5.41, 5.74) is 0. The summed E-state index contributed by atoms with van der Waals surface area (Å²) in [7, 11) is 0. The van der Waals surface area contributed by atoms with Gasteiger partial charge in [-0.05, 0) is 6.42 Å². The molecule has 7 nitrogen and oxygen atoms in total. The van der Waals surface area contributed by atoms with Gasteiger partial charge in [-0.25, -0.2) is 4.79 Å². The highest BCUT2D eigenvalue weighted by molar-refractivity contribution is 5.84. The number of carboxylic acid groups (broad SMARTS) is 1. The van der Waals surface area contributed by atoms with Gasteiger partial charge in [0.2, 0.25) is 5.91 Å². The molecule has 0 unspecified atom stereocenters. The third kappa shape index (κ3) is 18.5. The Morgan fingerprint density at radius 2 is 1.23 bits per heavy atom. The van der Waals surface area contributed by atoms with Crippen molar-refractivity contribution in [1.29, 1.82) is 0 Å². The Balaban J connectivity index is 3.28. The largest absolute Gasteiger partial charge is 0.480 e. The molecule has 0 aliphatic carbocycles. The molecule has 0 aliphatic heterocycles. The van der Waals surface area contributed by atoms with E-state index < -0.39 is 24.5 Å². The number of carbonyl (C=O) groups is 3. The molecule has 26 heavy (non-hydrogen) atoms. The molecular weight excluding hydrogens is 336 g/mol. The number of ether oxygens (including phenoxy) is 1. The van der Waals surface area contributed by atoms with Crippen LogP contribution in [0.15, 0.2) is 0 Å². The van der Waals surface area contributed by atoms with Crippen molar-refractivity contribution >= 4 is 18.0 Å². The van der Waals surface area contributed by atoms with E-state index in [1.807, 2.05) is 0 Å². The van der Waals surface area contributed by atoms with Gasteiger partial charge in [-0.3, -0.25) is 9.59 Å². The molecule has 0 heterocycles. The Kier molecular flexibility index (Phi) is 16.8. The van der Waals surface area contributed by atoms with Gasteiger partial charge >= 0.3 is 12.1 Å². The van der Waals surface area contributed by atoms with E-state index >= 15 is 0 Å². The van der Waals surface area contributed by atoms with Crippen molar-refractivity contribution in [1.82, 2.24) is 10.6 Å². The molecule has 0 aliphatic rings. The van der Waals surface area contributed by atoms with Crippen LogP contribution in [0.1, 0.15) is 84.0 Å². The Labute approximate surface area is 157 Å². The summed E-state index contributed by atoms with van der Waals surface area (Å²) in [5.74, 6) is -1.69. The molecule has 152 valence electrons. The van der Waals surface area contributed by atoms with Crippen LogP contribution in [0, 0.1) is 0 Å². The Bertz CT molecular complexity index is 388. The highest BCUT2D eigenvalue weighted by atomic mass is 16.5. The maximum Gasteiger partial charge on any atom is 0.407 e. The van der Waals surface area contributed by atoms with Gasteiger partial charge < -0.3 is 20.5 Å². The molecule has 2 amide bonds. The summed E-state index contributed by atoms with van der Waals surface area (Å²) in [6.45, 7) is 1.82. The van der Waals surface area contributed by atoms with Crippen LogP contribution in [0.4, 0.5) is 4.79 Å². The van der Waals surface area contributed by atoms with E-state index in [2.05, 4.69) is 17.6 Å². The molecule has 0 spiro atoms. The Morgan fingerprint density at radius 1 is 0.731 bits per heavy atom. The van der Waals surface area contributed by atoms with Crippen molar-refractivity contribution in [3.8, 4) is 0 Å². The Morgan fingerprint density at radius 3 is 1.73 bits per heavy atom. The molecule has 0 aromatic carbocycles. The summed E-state index contributed by atoms with van der Waals surface area (Å²) >= 11 is 0. The van der Waals surface area contributed by atoms with Gasteiger partial charge in [0, 0.05) is 0 Å². The molecule has 0 bridgehead atoms. The number of alkyl carbamates (subject to hydrolysis) is 1. The number of carboxylic acids is 1. The van der Waals surface area contributed by atoms with E-state index in [0.717, 1.165) is 19.3 Å². The van der Waals surface area contributed by atoms with Crippen LogP contribution < -0.4 is 10.6 Å². The van der Waals surface area contributed by atoms with Gasteiger partial charge in [-0.15, -0.1) is 0 Å². The van der Waals surface area contributed by atoms with E-state index in [4.69, 9.17) is 9.84 Å². The SMILES string of the molecule is CCCCCCCCCCCCCCOC(=O)NCC(=O)NCC(=O)O. The van der Waals surface area contributed by atoms with Crippen LogP contribution >= 0.6 is 0 Å². The predicted octanol–water partition coefficient (Wildman–Crippen LogP) is 3.61. The van der Waals surface area contributed by atoms with Gasteiger partial charge in [0.1, 0.15) is 13.1 Å². The third-order valence-corrected chi connectivity index (χ3v) is 4.06. The minimum Gasteiger partial charge on any atom is -0.480 e. The van der Waals surface area contributed by atoms with Crippen molar-refractivity contribution in [2.24, 2.45) is 0 Å². The average molecular weight is 373 g/mol. The van der Waals surface area contributed by atoms with Crippen LogP contribution in [0.5, 0.6) is 0 Å². The van der Waals surface area contributed by atoms with Crippen molar-refractivity contribution < 1.29 is 24.2 Å². The molecule has 0 saturated heterocycles. The zero-order chi connectivity index (χ0) is 19.5. The Hall–Kier alpha value is -1.79. The summed E-state index contributed by atoms with van der Waals surface area (Å²) in [4.78, 5) is 32.8. The van der Waals surface area contributed by atoms with Crippen LogP contribution in [0.3, 0.4) is 0 Å². The first-order valence-electron chi connectivity index (χ1n) is 9.95. The second-order valence-corrected chi connectivity index (χ2v) is 6.55. The predicted molar refractivity (Wildman–Crippen MR) is 101 cm³/mol. The van der Waals surface area contributed by atoms with Crippen molar-refractivity contribution in [3.05, 3.63) is 0 Å². The topological polar surface area (TPSA) is 105 Å². The molecule has 0 saturated carbocycles. The van der Waals surface area contributed by atoms with Crippen LogP contribution in [0.2, 0.25) is 0 Å². The lowest BCUT2D eigenvalue weighted by molar-refractivity contribution is -0.137. The maximum absolute atomic E-state index is 11.4. The fourth-order valence-corrected chi connectivity index (χ4v) is 2.55. The second kappa shape index (κ2) is 18.0. The number of unbranched alkanes of at least 4 members (excludes halogenated alkanes) is 11. The average Bonchev–Trinajstić information content (AvgIpc) is 2.62. The van der Waals surface area contributed by atoms with Crippen LogP contribution in [-0.4, -0.2) is 42.8 Å². The molecule has 0 radical (unpaired) electrons. The summed E-state index contributed by atoms with van der Waals surface area (Å²) in [6, 6.07) is 0. The summed E-state index contributed by atoms with van der Waals surface area (Å²) in [5, 5.41) is 12.8. The number of carbonyl (C=O) groups excluding carboxylic acids is 2. The fourth-order valence-electron chi connectivity index (χ4n) is 2.55. The van der Waals surface area contributed by atoms with Gasteiger partial charge in [0.05, 0.1) is 6.61 Å². The molecule has 3 N–H and O–H groups in total. The molecule has 0 aromatic heterocycles. The number of hydrogen-bond acceptors (Lipinski definition) is 4. The molecule has 0 atom stereocenters. The number of aliphatic carboxylic acids is 1. The van der Waals surface area contributed by atoms with Crippen molar-refractivity contribution in [3.63, 3.8) is 0 Å². The zero-order valence-electron chi connectivity index (χ0n) is 16.2. The van der Waals surface area contributed by atoms with E-state index in [1.165, 1.54) is 57.8 Å². The van der Waals surface area contributed by atoms with Crippen molar-refractivity contribution in [2.75, 3.05) is 19.7 Å². The third-order valence-electron chi connectivity index (χ3n) is 4.06. The molecule has 7 heteroatoms. The lowest BCUT2D eigenvalue weighted by Crippen LogP contribution is -2.39. The molecule has 0 fully saturated rings. The van der Waals surface area contributed by atoms with E-state index in [-0.39, 0.29) is 6.54 Å². The first-order chi connectivity index (χ1) is 12.6.